The summed E-state index contributed by atoms with van der Waals surface area (Å²) in [6.45, 7) is 2.10. The number of hydrazone groups is 1. The molecule has 0 heterocycles. The highest BCUT2D eigenvalue weighted by molar-refractivity contribution is 5.95. The summed E-state index contributed by atoms with van der Waals surface area (Å²) in [6, 6.07) is 23.6. The largest absolute Gasteiger partial charge is 0.378 e. The van der Waals surface area contributed by atoms with Crippen molar-refractivity contribution in [3.63, 3.8) is 0 Å². The number of carbonyl (C=O) groups is 1. The highest BCUT2D eigenvalue weighted by Gasteiger charge is 2.04. The molecule has 0 aliphatic carbocycles. The van der Waals surface area contributed by atoms with Crippen LogP contribution >= 0.6 is 0 Å². The number of hydrogen-bond acceptors (Lipinski definition) is 3. The zero-order chi connectivity index (χ0) is 20.6. The maximum Gasteiger partial charge on any atom is 0.271 e. The molecule has 4 heteroatoms. The molecule has 146 valence electrons. The molecule has 0 unspecified atom stereocenters. The van der Waals surface area contributed by atoms with Crippen molar-refractivity contribution in [3.8, 4) is 0 Å². The van der Waals surface area contributed by atoms with E-state index in [4.69, 9.17) is 0 Å². The van der Waals surface area contributed by atoms with Crippen LogP contribution in [0.3, 0.4) is 0 Å². The summed E-state index contributed by atoms with van der Waals surface area (Å²) in [7, 11) is 3.92. The number of carbonyl (C=O) groups excluding carboxylic acids is 1. The van der Waals surface area contributed by atoms with E-state index >= 15 is 0 Å². The summed E-state index contributed by atoms with van der Waals surface area (Å²) in [5.74, 6) is -0.234. The molecule has 1 amide bonds. The smallest absolute Gasteiger partial charge is 0.271 e. The molecule has 0 fully saturated rings. The van der Waals surface area contributed by atoms with E-state index in [1.54, 1.807) is 18.3 Å². The highest BCUT2D eigenvalue weighted by Crippen LogP contribution is 2.14. The lowest BCUT2D eigenvalue weighted by Crippen LogP contribution is -2.17. The van der Waals surface area contributed by atoms with E-state index in [2.05, 4.69) is 41.7 Å². The van der Waals surface area contributed by atoms with Gasteiger partial charge in [-0.1, -0.05) is 54.6 Å². The van der Waals surface area contributed by atoms with Gasteiger partial charge in [0.2, 0.25) is 0 Å². The van der Waals surface area contributed by atoms with Gasteiger partial charge in [-0.15, -0.1) is 0 Å². The Morgan fingerprint density at radius 2 is 1.62 bits per heavy atom. The van der Waals surface area contributed by atoms with E-state index in [-0.39, 0.29) is 5.91 Å². The molecule has 0 aliphatic rings. The second-order valence-electron chi connectivity index (χ2n) is 7.00. The number of benzene rings is 3. The second kappa shape index (κ2) is 9.51. The average Bonchev–Trinajstić information content (AvgIpc) is 2.73. The van der Waals surface area contributed by atoms with Crippen molar-refractivity contribution in [1.29, 1.82) is 0 Å². The first-order valence-corrected chi connectivity index (χ1v) is 9.47. The molecule has 0 atom stereocenters. The Morgan fingerprint density at radius 3 is 2.34 bits per heavy atom. The molecule has 3 aromatic rings. The van der Waals surface area contributed by atoms with Crippen molar-refractivity contribution >= 4 is 30.0 Å². The van der Waals surface area contributed by atoms with Crippen molar-refractivity contribution in [2.45, 2.75) is 6.92 Å². The van der Waals surface area contributed by atoms with Crippen LogP contribution in [0.4, 0.5) is 5.69 Å². The quantitative estimate of drug-likeness (QED) is 0.370. The summed E-state index contributed by atoms with van der Waals surface area (Å²) in [5, 5.41) is 4.09. The third kappa shape index (κ3) is 5.66. The van der Waals surface area contributed by atoms with Gasteiger partial charge in [0.05, 0.1) is 6.21 Å². The molecule has 0 bridgehead atoms. The molecule has 1 N–H and O–H groups in total. The molecule has 3 rings (SSSR count). The van der Waals surface area contributed by atoms with Gasteiger partial charge in [0.15, 0.2) is 0 Å². The second-order valence-corrected chi connectivity index (χ2v) is 7.00. The Balaban J connectivity index is 1.63. The Hall–Kier alpha value is -3.66. The number of amides is 1. The Labute approximate surface area is 172 Å². The van der Waals surface area contributed by atoms with Crippen molar-refractivity contribution in [3.05, 3.63) is 101 Å². The molecular formula is C25H25N3O. The van der Waals surface area contributed by atoms with Gasteiger partial charge >= 0.3 is 0 Å². The van der Waals surface area contributed by atoms with Crippen molar-refractivity contribution in [2.24, 2.45) is 5.10 Å². The molecule has 0 aromatic heterocycles. The average molecular weight is 383 g/mol. The topological polar surface area (TPSA) is 44.7 Å². The number of aryl methyl sites for hydroxylation is 1. The molecule has 3 aromatic carbocycles. The van der Waals surface area contributed by atoms with Gasteiger partial charge in [0.25, 0.3) is 5.91 Å². The maximum atomic E-state index is 12.2. The summed E-state index contributed by atoms with van der Waals surface area (Å²) >= 11 is 0. The van der Waals surface area contributed by atoms with Crippen molar-refractivity contribution < 1.29 is 4.79 Å². The number of hydrogen-bond donors (Lipinski definition) is 1. The van der Waals surface area contributed by atoms with Gasteiger partial charge in [0, 0.05) is 25.3 Å². The Bertz CT molecular complexity index is 1030. The van der Waals surface area contributed by atoms with Crippen LogP contribution in [0.15, 0.2) is 77.9 Å². The summed E-state index contributed by atoms with van der Waals surface area (Å²) in [4.78, 5) is 14.2. The summed E-state index contributed by atoms with van der Waals surface area (Å²) in [5.41, 5.74) is 8.62. The highest BCUT2D eigenvalue weighted by atomic mass is 16.2. The minimum absolute atomic E-state index is 0.234. The van der Waals surface area contributed by atoms with Crippen LogP contribution < -0.4 is 10.3 Å². The Kier molecular flexibility index (Phi) is 6.59. The Morgan fingerprint density at radius 1 is 0.897 bits per heavy atom. The van der Waals surface area contributed by atoms with Crippen LogP contribution in [-0.4, -0.2) is 26.2 Å². The lowest BCUT2D eigenvalue weighted by Gasteiger charge is -2.12. The lowest BCUT2D eigenvalue weighted by atomic mass is 10.1. The lowest BCUT2D eigenvalue weighted by molar-refractivity contribution is 0.0955. The fraction of sp³-hybridized carbons (Fsp3) is 0.120. The number of nitrogens with one attached hydrogen (secondary N) is 1. The summed E-state index contributed by atoms with van der Waals surface area (Å²) in [6.07, 6.45) is 5.83. The zero-order valence-corrected chi connectivity index (χ0v) is 17.0. The van der Waals surface area contributed by atoms with E-state index in [0.29, 0.717) is 5.56 Å². The van der Waals surface area contributed by atoms with Crippen LogP contribution in [0.2, 0.25) is 0 Å². The van der Waals surface area contributed by atoms with Crippen LogP contribution in [0.1, 0.15) is 32.6 Å². The van der Waals surface area contributed by atoms with Crippen LogP contribution in [0.5, 0.6) is 0 Å². The molecule has 4 nitrogen and oxygen atoms in total. The van der Waals surface area contributed by atoms with Gasteiger partial charge in [-0.25, -0.2) is 5.43 Å². The standard InChI is InChI=1S/C25H25N3O/c1-19-7-4-5-10-22(19)12-11-20-8-6-9-21(17-20)18-26-27-25(29)23-13-15-24(16-14-23)28(2)3/h4-18H,1-3H3,(H,27,29). The first-order valence-electron chi connectivity index (χ1n) is 9.47. The summed E-state index contributed by atoms with van der Waals surface area (Å²) < 4.78 is 0. The van der Waals surface area contributed by atoms with Gasteiger partial charge in [-0.05, 0) is 59.5 Å². The predicted molar refractivity (Wildman–Crippen MR) is 122 cm³/mol. The molecular weight excluding hydrogens is 358 g/mol. The molecule has 0 aliphatic heterocycles. The van der Waals surface area contributed by atoms with Crippen LogP contribution in [0, 0.1) is 6.92 Å². The minimum atomic E-state index is -0.234. The zero-order valence-electron chi connectivity index (χ0n) is 17.0. The van der Waals surface area contributed by atoms with E-state index in [1.807, 2.05) is 67.5 Å². The number of anilines is 1. The fourth-order valence-corrected chi connectivity index (χ4v) is 2.84. The molecule has 29 heavy (non-hydrogen) atoms. The normalized spacial score (nSPS) is 11.1. The van der Waals surface area contributed by atoms with Gasteiger partial charge in [-0.3, -0.25) is 4.79 Å². The third-order valence-electron chi connectivity index (χ3n) is 4.58. The number of nitrogens with zero attached hydrogens (tertiary/aromatic N) is 2. The minimum Gasteiger partial charge on any atom is -0.378 e. The van der Waals surface area contributed by atoms with E-state index < -0.39 is 0 Å². The van der Waals surface area contributed by atoms with E-state index in [1.165, 1.54) is 11.1 Å². The van der Waals surface area contributed by atoms with Gasteiger partial charge in [-0.2, -0.15) is 5.10 Å². The first-order chi connectivity index (χ1) is 14.0. The third-order valence-corrected chi connectivity index (χ3v) is 4.58. The maximum absolute atomic E-state index is 12.2. The molecule has 0 saturated carbocycles. The predicted octanol–water partition coefficient (Wildman–Crippen LogP) is 5.00. The molecule has 0 radical (unpaired) electrons. The number of rotatable bonds is 6. The molecule has 0 saturated heterocycles. The first kappa shape index (κ1) is 20.1. The van der Waals surface area contributed by atoms with E-state index in [9.17, 15) is 4.79 Å². The SMILES string of the molecule is Cc1ccccc1C=Cc1cccc(C=NNC(=O)c2ccc(N(C)C)cc2)c1. The monoisotopic (exact) mass is 383 g/mol. The van der Waals surface area contributed by atoms with Crippen molar-refractivity contribution in [2.75, 3.05) is 19.0 Å². The van der Waals surface area contributed by atoms with Crippen LogP contribution in [0.25, 0.3) is 12.2 Å². The van der Waals surface area contributed by atoms with Gasteiger partial charge in [0.1, 0.15) is 0 Å². The fourth-order valence-electron chi connectivity index (χ4n) is 2.84. The molecule has 0 spiro atoms. The van der Waals surface area contributed by atoms with E-state index in [0.717, 1.165) is 16.8 Å². The van der Waals surface area contributed by atoms with Crippen molar-refractivity contribution in [1.82, 2.24) is 5.43 Å². The van der Waals surface area contributed by atoms with Crippen LogP contribution in [-0.2, 0) is 0 Å². The van der Waals surface area contributed by atoms with Gasteiger partial charge < -0.3 is 4.90 Å².